The summed E-state index contributed by atoms with van der Waals surface area (Å²) in [6.07, 6.45) is 16.6. The lowest BCUT2D eigenvalue weighted by Crippen LogP contribution is -2.33. The smallest absolute Gasteiger partial charge is 0.390 e. The minimum atomic E-state index is -4.17. The molecule has 0 aliphatic carbocycles. The van der Waals surface area contributed by atoms with Gasteiger partial charge in [-0.05, 0) is 33.1 Å². The molecule has 4 rings (SSSR count). The molecule has 2 aromatic heterocycles. The summed E-state index contributed by atoms with van der Waals surface area (Å²) in [4.78, 5) is 52.9. The number of rotatable bonds is 24. The van der Waals surface area contributed by atoms with Crippen molar-refractivity contribution in [2.45, 2.75) is 161 Å². The highest BCUT2D eigenvalue weighted by atomic mass is 31.2. The fourth-order valence-corrected chi connectivity index (χ4v) is 7.83. The summed E-state index contributed by atoms with van der Waals surface area (Å²) >= 11 is 0. The molecule has 2 saturated heterocycles. The third-order valence-corrected chi connectivity index (χ3v) is 11.2. The Hall–Kier alpha value is -2.65. The summed E-state index contributed by atoms with van der Waals surface area (Å²) in [5, 5.41) is 10.7. The number of aryl methyl sites for hydroxylation is 2. The van der Waals surface area contributed by atoms with E-state index in [2.05, 4.69) is 16.9 Å². The van der Waals surface area contributed by atoms with Gasteiger partial charge in [0.05, 0.1) is 32.0 Å². The van der Waals surface area contributed by atoms with Crippen molar-refractivity contribution in [3.05, 3.63) is 65.2 Å². The van der Waals surface area contributed by atoms with Crippen LogP contribution >= 0.6 is 7.82 Å². The number of aromatic nitrogens is 4. The Bertz CT molecular complexity index is 1670. The molecule has 4 heterocycles. The number of aromatic amines is 2. The minimum Gasteiger partial charge on any atom is -0.390 e. The average Bonchev–Trinajstić information content (AvgIpc) is 3.74. The van der Waals surface area contributed by atoms with E-state index >= 15 is 0 Å². The molecule has 52 heavy (non-hydrogen) atoms. The second-order valence-electron chi connectivity index (χ2n) is 14.1. The SMILES string of the molecule is CCCCCCCCCCCCCCCCOP(=O)(OC[C@@H]1CC[C@H](n2cc(C)c(=O)[nH]c2=O)O1)OC[C@H]1O[C@@H](n2cc(C)c(=O)[nH]c2=O)C[C@@H]1O. The number of hydrogen-bond donors (Lipinski definition) is 3. The largest absolute Gasteiger partial charge is 0.474 e. The van der Waals surface area contributed by atoms with Crippen molar-refractivity contribution in [3.8, 4) is 0 Å². The number of aliphatic hydroxyl groups excluding tert-OH is 1. The topological polar surface area (TPSA) is 193 Å². The standard InChI is InChI=1S/C36H59N4O11P/c1-4-5-6-7-8-9-10-11-12-13-14-15-16-17-20-47-52(46,48-24-28-18-19-31(50-28)39-22-26(2)33(42)37-35(39)44)49-25-30-29(41)21-32(51-30)40-23-27(3)34(43)38-36(40)45/h22-23,28-32,41H,4-21,24-25H2,1-3H3,(H,37,42,44)(H,38,43,45)/t28-,29-,30+,31+,32+,52?/m0/s1. The van der Waals surface area contributed by atoms with E-state index in [9.17, 15) is 28.8 Å². The molecule has 294 valence electrons. The summed E-state index contributed by atoms with van der Waals surface area (Å²) in [7, 11) is -4.17. The number of phosphoric ester groups is 1. The molecule has 0 saturated carbocycles. The van der Waals surface area contributed by atoms with Crippen molar-refractivity contribution in [2.75, 3.05) is 19.8 Å². The van der Waals surface area contributed by atoms with Crippen LogP contribution in [0.4, 0.5) is 0 Å². The van der Waals surface area contributed by atoms with Crippen LogP contribution in [0.5, 0.6) is 0 Å². The molecule has 2 aliphatic heterocycles. The van der Waals surface area contributed by atoms with Crippen molar-refractivity contribution in [1.82, 2.24) is 19.1 Å². The van der Waals surface area contributed by atoms with E-state index in [0.29, 0.717) is 30.4 Å². The Morgan fingerprint density at radius 2 is 1.21 bits per heavy atom. The second-order valence-corrected chi connectivity index (χ2v) is 15.8. The fraction of sp³-hybridized carbons (Fsp3) is 0.778. The van der Waals surface area contributed by atoms with E-state index < -0.39 is 61.1 Å². The molecule has 0 amide bonds. The summed E-state index contributed by atoms with van der Waals surface area (Å²) < 4.78 is 45.5. The van der Waals surface area contributed by atoms with Gasteiger partial charge in [-0.3, -0.25) is 42.3 Å². The van der Waals surface area contributed by atoms with E-state index in [4.69, 9.17) is 23.0 Å². The molecule has 16 heteroatoms. The van der Waals surface area contributed by atoms with Gasteiger partial charge in [-0.15, -0.1) is 0 Å². The maximum Gasteiger partial charge on any atom is 0.474 e. The van der Waals surface area contributed by atoms with Crippen molar-refractivity contribution < 1.29 is 32.7 Å². The van der Waals surface area contributed by atoms with Crippen LogP contribution in [0.2, 0.25) is 0 Å². The van der Waals surface area contributed by atoms with Crippen LogP contribution in [0.1, 0.15) is 140 Å². The highest BCUT2D eigenvalue weighted by Gasteiger charge is 2.39. The minimum absolute atomic E-state index is 0.0470. The maximum atomic E-state index is 13.9. The summed E-state index contributed by atoms with van der Waals surface area (Å²) in [5.41, 5.74) is -1.54. The Kier molecular flexibility index (Phi) is 17.2. The number of nitrogens with one attached hydrogen (secondary N) is 2. The van der Waals surface area contributed by atoms with Crippen molar-refractivity contribution in [1.29, 1.82) is 0 Å². The normalized spacial score (nSPS) is 23.0. The van der Waals surface area contributed by atoms with Crippen molar-refractivity contribution in [2.24, 2.45) is 0 Å². The van der Waals surface area contributed by atoms with Gasteiger partial charge in [0.1, 0.15) is 18.6 Å². The van der Waals surface area contributed by atoms with Crippen molar-refractivity contribution >= 4 is 7.82 Å². The molecule has 0 radical (unpaired) electrons. The van der Waals surface area contributed by atoms with Gasteiger partial charge < -0.3 is 14.6 Å². The zero-order chi connectivity index (χ0) is 37.5. The molecule has 0 aromatic carbocycles. The van der Waals surface area contributed by atoms with Crippen LogP contribution in [-0.4, -0.2) is 62.3 Å². The zero-order valence-electron chi connectivity index (χ0n) is 31.1. The van der Waals surface area contributed by atoms with Gasteiger partial charge in [0.2, 0.25) is 0 Å². The Morgan fingerprint density at radius 1 is 0.712 bits per heavy atom. The monoisotopic (exact) mass is 754 g/mol. The zero-order valence-corrected chi connectivity index (χ0v) is 31.9. The molecular formula is C36H59N4O11P. The third-order valence-electron chi connectivity index (χ3n) is 9.76. The summed E-state index contributed by atoms with van der Waals surface area (Å²) in [6.45, 7) is 5.04. The Morgan fingerprint density at radius 3 is 1.77 bits per heavy atom. The van der Waals surface area contributed by atoms with E-state index in [0.717, 1.165) is 19.3 Å². The van der Waals surface area contributed by atoms with Crippen LogP contribution in [0.25, 0.3) is 0 Å². The molecule has 2 aliphatic rings. The quantitative estimate of drug-likeness (QED) is 0.0884. The fourth-order valence-electron chi connectivity index (χ4n) is 6.57. The molecular weight excluding hydrogens is 695 g/mol. The Balaban J connectivity index is 1.25. The molecule has 0 bridgehead atoms. The number of H-pyrrole nitrogens is 2. The van der Waals surface area contributed by atoms with E-state index in [1.165, 1.54) is 85.7 Å². The molecule has 15 nitrogen and oxygen atoms in total. The lowest BCUT2D eigenvalue weighted by atomic mass is 10.0. The highest BCUT2D eigenvalue weighted by molar-refractivity contribution is 7.48. The van der Waals surface area contributed by atoms with E-state index in [1.807, 2.05) is 0 Å². The first kappa shape index (κ1) is 42.1. The molecule has 2 aromatic rings. The van der Waals surface area contributed by atoms with Crippen LogP contribution in [-0.2, 0) is 27.6 Å². The summed E-state index contributed by atoms with van der Waals surface area (Å²) in [6, 6.07) is 0. The average molecular weight is 755 g/mol. The van der Waals surface area contributed by atoms with Crippen LogP contribution in [0, 0.1) is 13.8 Å². The van der Waals surface area contributed by atoms with Crippen LogP contribution in [0.15, 0.2) is 31.6 Å². The lowest BCUT2D eigenvalue weighted by molar-refractivity contribution is -0.0540. The van der Waals surface area contributed by atoms with Crippen LogP contribution < -0.4 is 22.5 Å². The first-order valence-corrected chi connectivity index (χ1v) is 20.6. The van der Waals surface area contributed by atoms with Gasteiger partial charge in [-0.1, -0.05) is 90.4 Å². The molecule has 2 fully saturated rings. The Labute approximate surface area is 305 Å². The molecule has 3 N–H and O–H groups in total. The maximum absolute atomic E-state index is 13.9. The summed E-state index contributed by atoms with van der Waals surface area (Å²) in [5.74, 6) is 0. The number of hydrogen-bond acceptors (Lipinski definition) is 11. The van der Waals surface area contributed by atoms with Crippen molar-refractivity contribution in [3.63, 3.8) is 0 Å². The molecule has 6 atom stereocenters. The van der Waals surface area contributed by atoms with Gasteiger partial charge in [-0.25, -0.2) is 14.2 Å². The first-order valence-electron chi connectivity index (χ1n) is 19.2. The predicted molar refractivity (Wildman–Crippen MR) is 196 cm³/mol. The number of nitrogens with zero attached hydrogens (tertiary/aromatic N) is 2. The molecule has 0 spiro atoms. The van der Waals surface area contributed by atoms with Gasteiger partial charge >= 0.3 is 19.2 Å². The number of aliphatic hydroxyl groups is 1. The number of ether oxygens (including phenoxy) is 2. The number of phosphoric acid groups is 1. The van der Waals surface area contributed by atoms with Crippen LogP contribution in [0.3, 0.4) is 0 Å². The second kappa shape index (κ2) is 21.3. The van der Waals surface area contributed by atoms with E-state index in [1.54, 1.807) is 13.8 Å². The van der Waals surface area contributed by atoms with E-state index in [-0.39, 0.29) is 26.2 Å². The van der Waals surface area contributed by atoms with Gasteiger partial charge in [0.15, 0.2) is 0 Å². The number of unbranched alkanes of at least 4 members (excludes halogenated alkanes) is 13. The third kappa shape index (κ3) is 13.0. The first-order chi connectivity index (χ1) is 25.0. The molecule has 1 unspecified atom stereocenters. The van der Waals surface area contributed by atoms with Gasteiger partial charge in [0, 0.05) is 29.9 Å². The van der Waals surface area contributed by atoms with Gasteiger partial charge in [-0.2, -0.15) is 0 Å². The lowest BCUT2D eigenvalue weighted by Gasteiger charge is -2.23. The highest BCUT2D eigenvalue weighted by Crippen LogP contribution is 2.51. The predicted octanol–water partition coefficient (Wildman–Crippen LogP) is 5.67. The van der Waals surface area contributed by atoms with Gasteiger partial charge in [0.25, 0.3) is 11.1 Å².